The van der Waals surface area contributed by atoms with Gasteiger partial charge in [-0.1, -0.05) is 22.0 Å². The van der Waals surface area contributed by atoms with Crippen LogP contribution in [-0.2, 0) is 9.84 Å². The summed E-state index contributed by atoms with van der Waals surface area (Å²) in [5, 5.41) is 0. The lowest BCUT2D eigenvalue weighted by molar-refractivity contribution is -0.0520. The van der Waals surface area contributed by atoms with E-state index in [1.165, 1.54) is 0 Å². The Bertz CT molecular complexity index is 475. The lowest BCUT2D eigenvalue weighted by atomic mass is 10.3. The molecule has 0 aliphatic rings. The first-order valence-electron chi connectivity index (χ1n) is 3.90. The minimum absolute atomic E-state index is 0.583. The van der Waals surface area contributed by atoms with Gasteiger partial charge in [0, 0.05) is 0 Å². The molecule has 0 radical (unpaired) electrons. The molecule has 3 nitrogen and oxygen atoms in total. The highest BCUT2D eigenvalue weighted by Crippen LogP contribution is 2.29. The van der Waals surface area contributed by atoms with Crippen LogP contribution in [0.3, 0.4) is 0 Å². The molecule has 0 heterocycles. The summed E-state index contributed by atoms with van der Waals surface area (Å²) >= 11 is 2.64. The van der Waals surface area contributed by atoms with Crippen molar-refractivity contribution < 1.29 is 26.3 Å². The Kier molecular flexibility index (Phi) is 4.20. The standard InChI is InChI=1S/C8H6BrF3O3S/c9-4-16(13,14)7-5(10)2-1-3-6(7)15-8(11)12/h1-3,8H,4H2. The lowest BCUT2D eigenvalue weighted by Crippen LogP contribution is -2.10. The first kappa shape index (κ1) is 13.3. The molecule has 1 aromatic carbocycles. The van der Waals surface area contributed by atoms with Crippen molar-refractivity contribution in [2.75, 3.05) is 4.66 Å². The van der Waals surface area contributed by atoms with Gasteiger partial charge >= 0.3 is 6.61 Å². The Morgan fingerprint density at radius 3 is 2.50 bits per heavy atom. The summed E-state index contributed by atoms with van der Waals surface area (Å²) in [6.07, 6.45) is 0. The average Bonchev–Trinajstić information content (AvgIpc) is 2.16. The molecule has 0 aliphatic heterocycles. The maximum absolute atomic E-state index is 13.3. The highest BCUT2D eigenvalue weighted by molar-refractivity contribution is 9.10. The van der Waals surface area contributed by atoms with Gasteiger partial charge in [0.2, 0.25) is 0 Å². The van der Waals surface area contributed by atoms with Crippen LogP contribution in [0.15, 0.2) is 23.1 Å². The smallest absolute Gasteiger partial charge is 0.387 e. The van der Waals surface area contributed by atoms with Gasteiger partial charge in [-0.15, -0.1) is 0 Å². The molecular weight excluding hydrogens is 313 g/mol. The average molecular weight is 319 g/mol. The maximum atomic E-state index is 13.3. The fourth-order valence-corrected chi connectivity index (χ4v) is 2.62. The van der Waals surface area contributed by atoms with E-state index in [1.807, 2.05) is 0 Å². The third-order valence-electron chi connectivity index (χ3n) is 1.60. The van der Waals surface area contributed by atoms with Crippen LogP contribution in [0.5, 0.6) is 5.75 Å². The van der Waals surface area contributed by atoms with Crippen molar-refractivity contribution in [3.63, 3.8) is 0 Å². The van der Waals surface area contributed by atoms with Crippen LogP contribution in [0.2, 0.25) is 0 Å². The van der Waals surface area contributed by atoms with E-state index in [0.717, 1.165) is 18.2 Å². The van der Waals surface area contributed by atoms with Crippen LogP contribution in [0.4, 0.5) is 13.2 Å². The molecule has 0 aliphatic carbocycles. The van der Waals surface area contributed by atoms with E-state index in [-0.39, 0.29) is 0 Å². The SMILES string of the molecule is O=S(=O)(CBr)c1c(F)cccc1OC(F)F. The zero-order chi connectivity index (χ0) is 12.3. The summed E-state index contributed by atoms with van der Waals surface area (Å²) in [6, 6.07) is 2.90. The van der Waals surface area contributed by atoms with E-state index in [2.05, 4.69) is 20.7 Å². The minimum atomic E-state index is -4.02. The molecule has 90 valence electrons. The first-order valence-corrected chi connectivity index (χ1v) is 6.68. The second-order valence-corrected chi connectivity index (χ2v) is 5.90. The van der Waals surface area contributed by atoms with Crippen molar-refractivity contribution in [1.29, 1.82) is 0 Å². The van der Waals surface area contributed by atoms with Gasteiger partial charge in [-0.25, -0.2) is 12.8 Å². The minimum Gasteiger partial charge on any atom is -0.433 e. The zero-order valence-corrected chi connectivity index (χ0v) is 10.1. The van der Waals surface area contributed by atoms with Crippen LogP contribution in [-0.4, -0.2) is 19.7 Å². The molecule has 1 aromatic rings. The highest BCUT2D eigenvalue weighted by Gasteiger charge is 2.24. The molecular formula is C8H6BrF3O3S. The number of alkyl halides is 3. The number of ether oxygens (including phenoxy) is 1. The zero-order valence-electron chi connectivity index (χ0n) is 7.66. The van der Waals surface area contributed by atoms with Crippen LogP contribution >= 0.6 is 15.9 Å². The molecule has 0 amide bonds. The molecule has 0 bridgehead atoms. The number of hydrogen-bond donors (Lipinski definition) is 0. The van der Waals surface area contributed by atoms with Gasteiger partial charge in [0.1, 0.15) is 21.1 Å². The van der Waals surface area contributed by atoms with E-state index in [9.17, 15) is 21.6 Å². The Labute approximate surface area is 98.3 Å². The van der Waals surface area contributed by atoms with E-state index >= 15 is 0 Å². The quantitative estimate of drug-likeness (QED) is 0.801. The van der Waals surface area contributed by atoms with E-state index in [4.69, 9.17) is 0 Å². The summed E-state index contributed by atoms with van der Waals surface area (Å²) in [4.78, 5) is -0.868. The fraction of sp³-hybridized carbons (Fsp3) is 0.250. The maximum Gasteiger partial charge on any atom is 0.387 e. The van der Waals surface area contributed by atoms with Crippen molar-refractivity contribution in [3.05, 3.63) is 24.0 Å². The van der Waals surface area contributed by atoms with Crippen molar-refractivity contribution in [2.24, 2.45) is 0 Å². The Balaban J connectivity index is 3.35. The summed E-state index contributed by atoms with van der Waals surface area (Å²) in [5.41, 5.74) is 0. The molecule has 16 heavy (non-hydrogen) atoms. The number of sulfone groups is 1. The summed E-state index contributed by atoms with van der Waals surface area (Å²) in [5.74, 6) is -1.83. The van der Waals surface area contributed by atoms with Crippen molar-refractivity contribution in [1.82, 2.24) is 0 Å². The summed E-state index contributed by atoms with van der Waals surface area (Å²) < 4.78 is 63.4. The Hall–Kier alpha value is -0.760. The van der Waals surface area contributed by atoms with E-state index in [1.54, 1.807) is 0 Å². The topological polar surface area (TPSA) is 43.4 Å². The van der Waals surface area contributed by atoms with Crippen molar-refractivity contribution in [2.45, 2.75) is 11.5 Å². The monoisotopic (exact) mass is 318 g/mol. The third-order valence-corrected chi connectivity index (χ3v) is 4.72. The summed E-state index contributed by atoms with van der Waals surface area (Å²) in [6.45, 7) is -3.22. The van der Waals surface area contributed by atoms with Crippen LogP contribution in [0.25, 0.3) is 0 Å². The first-order chi connectivity index (χ1) is 7.38. The van der Waals surface area contributed by atoms with Crippen LogP contribution in [0, 0.1) is 5.82 Å². The van der Waals surface area contributed by atoms with Gasteiger partial charge in [0.05, 0.1) is 0 Å². The van der Waals surface area contributed by atoms with Gasteiger partial charge < -0.3 is 4.74 Å². The van der Waals surface area contributed by atoms with Gasteiger partial charge in [-0.3, -0.25) is 0 Å². The molecule has 0 atom stereocenters. The normalized spacial score (nSPS) is 11.8. The lowest BCUT2D eigenvalue weighted by Gasteiger charge is -2.10. The number of benzene rings is 1. The molecule has 0 saturated heterocycles. The largest absolute Gasteiger partial charge is 0.433 e. The van der Waals surface area contributed by atoms with Gasteiger partial charge in [0.15, 0.2) is 9.84 Å². The van der Waals surface area contributed by atoms with Crippen molar-refractivity contribution in [3.8, 4) is 5.75 Å². The molecule has 0 aromatic heterocycles. The second kappa shape index (κ2) is 5.05. The van der Waals surface area contributed by atoms with E-state index < -0.39 is 37.6 Å². The molecule has 0 spiro atoms. The third kappa shape index (κ3) is 2.88. The second-order valence-electron chi connectivity index (χ2n) is 2.67. The Morgan fingerprint density at radius 1 is 1.38 bits per heavy atom. The molecule has 0 saturated carbocycles. The predicted octanol–water partition coefficient (Wildman–Crippen LogP) is 2.55. The number of rotatable bonds is 4. The molecule has 0 N–H and O–H groups in total. The van der Waals surface area contributed by atoms with Gasteiger partial charge in [-0.05, 0) is 12.1 Å². The van der Waals surface area contributed by atoms with Crippen LogP contribution < -0.4 is 4.74 Å². The highest BCUT2D eigenvalue weighted by atomic mass is 79.9. The van der Waals surface area contributed by atoms with Crippen LogP contribution in [0.1, 0.15) is 0 Å². The number of halogens is 4. The number of hydrogen-bond acceptors (Lipinski definition) is 3. The predicted molar refractivity (Wildman–Crippen MR) is 54.0 cm³/mol. The van der Waals surface area contributed by atoms with E-state index in [0.29, 0.717) is 0 Å². The van der Waals surface area contributed by atoms with Gasteiger partial charge in [-0.2, -0.15) is 8.78 Å². The fourth-order valence-electron chi connectivity index (χ4n) is 1.03. The molecule has 0 fully saturated rings. The van der Waals surface area contributed by atoms with Gasteiger partial charge in [0.25, 0.3) is 0 Å². The molecule has 0 unspecified atom stereocenters. The summed E-state index contributed by atoms with van der Waals surface area (Å²) in [7, 11) is -4.02. The van der Waals surface area contributed by atoms with Crippen molar-refractivity contribution >= 4 is 25.8 Å². The molecule has 1 rings (SSSR count). The molecule has 8 heteroatoms. The Morgan fingerprint density at radius 2 is 2.00 bits per heavy atom.